The van der Waals surface area contributed by atoms with Crippen LogP contribution in [0.4, 0.5) is 5.69 Å². The summed E-state index contributed by atoms with van der Waals surface area (Å²) in [4.78, 5) is 17.4. The summed E-state index contributed by atoms with van der Waals surface area (Å²) in [5.41, 5.74) is 4.59. The Labute approximate surface area is 205 Å². The number of nitrogens with one attached hydrogen (secondary N) is 1. The van der Waals surface area contributed by atoms with Gasteiger partial charge in [0.05, 0.1) is 17.6 Å². The predicted octanol–water partition coefficient (Wildman–Crippen LogP) is 5.23. The molecule has 0 radical (unpaired) electrons. The number of nitrogens with zero attached hydrogens (tertiary/aromatic N) is 3. The molecule has 1 amide bonds. The lowest BCUT2D eigenvalue weighted by Crippen LogP contribution is -2.25. The molecular weight excluding hydrogens is 468 g/mol. The minimum Gasteiger partial charge on any atom is -0.482 e. The molecule has 170 valence electrons. The van der Waals surface area contributed by atoms with Crippen molar-refractivity contribution in [3.05, 3.63) is 99.1 Å². The molecular formula is C26H21ClN4O2S. The predicted molar refractivity (Wildman–Crippen MR) is 137 cm³/mol. The molecule has 1 aromatic heterocycles. The first kappa shape index (κ1) is 22.1. The first-order chi connectivity index (χ1) is 16.7. The maximum absolute atomic E-state index is 11.8. The number of carbonyl (C=O) groups excluding carboxylic acids is 1. The van der Waals surface area contributed by atoms with Crippen molar-refractivity contribution >= 4 is 40.7 Å². The van der Waals surface area contributed by atoms with Crippen LogP contribution in [0.2, 0.25) is 5.02 Å². The van der Waals surface area contributed by atoms with Crippen molar-refractivity contribution in [3.8, 4) is 17.0 Å². The van der Waals surface area contributed by atoms with Crippen molar-refractivity contribution in [2.24, 2.45) is 10.1 Å². The van der Waals surface area contributed by atoms with Gasteiger partial charge in [-0.2, -0.15) is 5.10 Å². The minimum atomic E-state index is -0.166. The number of anilines is 1. The molecule has 34 heavy (non-hydrogen) atoms. The summed E-state index contributed by atoms with van der Waals surface area (Å²) in [5, 5.41) is 10.3. The van der Waals surface area contributed by atoms with E-state index >= 15 is 0 Å². The van der Waals surface area contributed by atoms with Crippen molar-refractivity contribution in [2.45, 2.75) is 6.42 Å². The van der Waals surface area contributed by atoms with Gasteiger partial charge in [0, 0.05) is 22.5 Å². The second-order valence-corrected chi connectivity index (χ2v) is 8.95. The number of thiazole rings is 1. The Morgan fingerprint density at radius 3 is 2.74 bits per heavy atom. The summed E-state index contributed by atoms with van der Waals surface area (Å²) in [6.07, 6.45) is 2.63. The number of aromatic nitrogens is 1. The average molecular weight is 489 g/mol. The van der Waals surface area contributed by atoms with E-state index in [0.29, 0.717) is 23.0 Å². The third kappa shape index (κ3) is 5.11. The first-order valence-electron chi connectivity index (χ1n) is 10.8. The summed E-state index contributed by atoms with van der Waals surface area (Å²) in [6, 6.07) is 23.5. The molecule has 0 aliphatic carbocycles. The van der Waals surface area contributed by atoms with E-state index in [1.807, 2.05) is 70.7 Å². The Morgan fingerprint density at radius 1 is 1.09 bits per heavy atom. The van der Waals surface area contributed by atoms with Crippen molar-refractivity contribution < 1.29 is 9.53 Å². The standard InChI is InChI=1S/C26H21ClN4O2S/c27-21-9-6-19(7-10-21)15-29-31-23(20-8-11-24-22(14-20)30-25(32)16-33-24)17-34-26(31)28-13-12-18-4-2-1-3-5-18/h1-11,14-15,17H,12-13,16H2,(H,30,32). The Balaban J connectivity index is 1.51. The summed E-state index contributed by atoms with van der Waals surface area (Å²) in [6.45, 7) is 0.676. The summed E-state index contributed by atoms with van der Waals surface area (Å²) < 4.78 is 7.33. The quantitative estimate of drug-likeness (QED) is 0.378. The van der Waals surface area contributed by atoms with Crippen LogP contribution in [0.5, 0.6) is 5.75 Å². The van der Waals surface area contributed by atoms with Gasteiger partial charge in [-0.1, -0.05) is 54.1 Å². The summed E-state index contributed by atoms with van der Waals surface area (Å²) >= 11 is 7.54. The van der Waals surface area contributed by atoms with Gasteiger partial charge in [0.1, 0.15) is 5.75 Å². The highest BCUT2D eigenvalue weighted by Crippen LogP contribution is 2.32. The SMILES string of the molecule is O=C1COc2ccc(-c3csc(=NCCc4ccccc4)n3N=Cc3ccc(Cl)cc3)cc2N1. The van der Waals surface area contributed by atoms with E-state index in [9.17, 15) is 4.79 Å². The molecule has 8 heteroatoms. The smallest absolute Gasteiger partial charge is 0.262 e. The van der Waals surface area contributed by atoms with Gasteiger partial charge in [0.2, 0.25) is 4.80 Å². The Bertz CT molecular complexity index is 1410. The molecule has 2 heterocycles. The lowest BCUT2D eigenvalue weighted by atomic mass is 10.1. The number of amides is 1. The number of benzene rings is 3. The maximum Gasteiger partial charge on any atom is 0.262 e. The molecule has 6 nitrogen and oxygen atoms in total. The van der Waals surface area contributed by atoms with Gasteiger partial charge in [0.25, 0.3) is 5.91 Å². The monoisotopic (exact) mass is 488 g/mol. The fraction of sp³-hybridized carbons (Fsp3) is 0.115. The van der Waals surface area contributed by atoms with E-state index in [1.165, 1.54) is 16.9 Å². The minimum absolute atomic E-state index is 0.0284. The zero-order valence-electron chi connectivity index (χ0n) is 18.1. The number of carbonyl (C=O) groups is 1. The van der Waals surface area contributed by atoms with E-state index in [-0.39, 0.29) is 12.5 Å². The van der Waals surface area contributed by atoms with Crippen LogP contribution in [-0.4, -0.2) is 29.9 Å². The van der Waals surface area contributed by atoms with Gasteiger partial charge in [-0.05, 0) is 47.9 Å². The molecule has 1 aliphatic heterocycles. The van der Waals surface area contributed by atoms with Crippen molar-refractivity contribution in [2.75, 3.05) is 18.5 Å². The number of halogens is 1. The highest BCUT2D eigenvalue weighted by Gasteiger charge is 2.17. The molecule has 0 bridgehead atoms. The van der Waals surface area contributed by atoms with Crippen LogP contribution >= 0.6 is 22.9 Å². The zero-order chi connectivity index (χ0) is 23.3. The topological polar surface area (TPSA) is 68.0 Å². The van der Waals surface area contributed by atoms with Gasteiger partial charge in [-0.3, -0.25) is 9.79 Å². The maximum atomic E-state index is 11.8. The van der Waals surface area contributed by atoms with Gasteiger partial charge in [-0.25, -0.2) is 4.68 Å². The van der Waals surface area contributed by atoms with Crippen LogP contribution in [0.25, 0.3) is 11.3 Å². The average Bonchev–Trinajstić information content (AvgIpc) is 3.26. The molecule has 4 aromatic rings. The number of rotatable bonds is 6. The largest absolute Gasteiger partial charge is 0.482 e. The van der Waals surface area contributed by atoms with E-state index in [1.54, 1.807) is 6.21 Å². The molecule has 0 spiro atoms. The Morgan fingerprint density at radius 2 is 1.91 bits per heavy atom. The Kier molecular flexibility index (Phi) is 6.56. The molecule has 3 aromatic carbocycles. The lowest BCUT2D eigenvalue weighted by Gasteiger charge is -2.18. The summed E-state index contributed by atoms with van der Waals surface area (Å²) in [5.74, 6) is 0.489. The molecule has 0 fully saturated rings. The number of fused-ring (bicyclic) bond motifs is 1. The number of hydrogen-bond acceptors (Lipinski definition) is 5. The van der Waals surface area contributed by atoms with Crippen LogP contribution < -0.4 is 14.9 Å². The molecule has 0 saturated carbocycles. The van der Waals surface area contributed by atoms with E-state index in [2.05, 4.69) is 17.4 Å². The zero-order valence-corrected chi connectivity index (χ0v) is 19.7. The molecule has 1 N–H and O–H groups in total. The second-order valence-electron chi connectivity index (χ2n) is 7.68. The van der Waals surface area contributed by atoms with Crippen molar-refractivity contribution in [1.82, 2.24) is 4.68 Å². The van der Waals surface area contributed by atoms with Crippen LogP contribution in [0.15, 0.2) is 88.3 Å². The number of hydrogen-bond donors (Lipinski definition) is 1. The molecule has 0 atom stereocenters. The third-order valence-corrected chi connectivity index (χ3v) is 6.38. The summed E-state index contributed by atoms with van der Waals surface area (Å²) in [7, 11) is 0. The molecule has 1 aliphatic rings. The normalized spacial score (nSPS) is 13.6. The van der Waals surface area contributed by atoms with Crippen LogP contribution in [0.1, 0.15) is 11.1 Å². The lowest BCUT2D eigenvalue weighted by molar-refractivity contribution is -0.118. The van der Waals surface area contributed by atoms with Gasteiger partial charge in [-0.15, -0.1) is 11.3 Å². The van der Waals surface area contributed by atoms with Gasteiger partial charge in [0.15, 0.2) is 6.61 Å². The van der Waals surface area contributed by atoms with Crippen LogP contribution in [0.3, 0.4) is 0 Å². The second kappa shape index (κ2) is 10.1. The highest BCUT2D eigenvalue weighted by atomic mass is 35.5. The third-order valence-electron chi connectivity index (χ3n) is 5.28. The van der Waals surface area contributed by atoms with Crippen molar-refractivity contribution in [1.29, 1.82) is 0 Å². The van der Waals surface area contributed by atoms with E-state index in [4.69, 9.17) is 26.4 Å². The number of ether oxygens (including phenoxy) is 1. The highest BCUT2D eigenvalue weighted by molar-refractivity contribution is 7.07. The van der Waals surface area contributed by atoms with E-state index < -0.39 is 0 Å². The molecule has 0 unspecified atom stereocenters. The van der Waals surface area contributed by atoms with Gasteiger partial charge >= 0.3 is 0 Å². The molecule has 5 rings (SSSR count). The fourth-order valence-electron chi connectivity index (χ4n) is 3.56. The first-order valence-corrected chi connectivity index (χ1v) is 12.0. The fourth-order valence-corrected chi connectivity index (χ4v) is 4.55. The van der Waals surface area contributed by atoms with Crippen LogP contribution in [-0.2, 0) is 11.2 Å². The van der Waals surface area contributed by atoms with Gasteiger partial charge < -0.3 is 10.1 Å². The van der Waals surface area contributed by atoms with Crippen molar-refractivity contribution in [3.63, 3.8) is 0 Å². The molecule has 0 saturated heterocycles. The van der Waals surface area contributed by atoms with Crippen LogP contribution in [0, 0.1) is 0 Å². The Hall–Kier alpha value is -3.68. The van der Waals surface area contributed by atoms with E-state index in [0.717, 1.165) is 28.0 Å².